The molecule has 3 aliphatic rings. The van der Waals surface area contributed by atoms with Crippen molar-refractivity contribution >= 4 is 5.91 Å². The lowest BCUT2D eigenvalue weighted by atomic mass is 9.84. The predicted octanol–water partition coefficient (Wildman–Crippen LogP) is 3.62. The number of alkyl halides is 2. The summed E-state index contributed by atoms with van der Waals surface area (Å²) in [6.45, 7) is 6.02. The van der Waals surface area contributed by atoms with Gasteiger partial charge in [-0.05, 0) is 37.0 Å². The summed E-state index contributed by atoms with van der Waals surface area (Å²) in [5, 5.41) is 0. The molecule has 112 valence electrons. The summed E-state index contributed by atoms with van der Waals surface area (Å²) < 4.78 is 26.3. The van der Waals surface area contributed by atoms with Crippen molar-refractivity contribution in [2.75, 3.05) is 0 Å². The van der Waals surface area contributed by atoms with Gasteiger partial charge >= 0.3 is 0 Å². The monoisotopic (exact) mass is 283 g/mol. The second-order valence-corrected chi connectivity index (χ2v) is 6.86. The topological polar surface area (TPSA) is 20.3 Å². The molecule has 3 fully saturated rings. The minimum atomic E-state index is -2.51. The molecule has 2 saturated carbocycles. The maximum atomic E-state index is 13.1. The van der Waals surface area contributed by atoms with Crippen molar-refractivity contribution in [3.8, 4) is 0 Å². The number of hydrogen-bond acceptors (Lipinski definition) is 1. The van der Waals surface area contributed by atoms with Gasteiger partial charge in [-0.25, -0.2) is 8.78 Å². The fourth-order valence-corrected chi connectivity index (χ4v) is 4.17. The molecule has 0 spiro atoms. The zero-order valence-corrected chi connectivity index (χ0v) is 12.0. The molecule has 2 aliphatic carbocycles. The Balaban J connectivity index is 1.58. The minimum Gasteiger partial charge on any atom is -0.333 e. The zero-order chi connectivity index (χ0) is 14.5. The highest BCUT2D eigenvalue weighted by molar-refractivity contribution is 5.78. The van der Waals surface area contributed by atoms with Gasteiger partial charge in [0, 0.05) is 25.3 Å². The van der Waals surface area contributed by atoms with Crippen molar-refractivity contribution in [3.63, 3.8) is 0 Å². The Hall–Kier alpha value is -0.930. The summed E-state index contributed by atoms with van der Waals surface area (Å²) >= 11 is 0. The first-order valence-electron chi connectivity index (χ1n) is 7.74. The van der Waals surface area contributed by atoms with Crippen LogP contribution in [0.15, 0.2) is 12.7 Å². The number of nitrogens with zero attached hydrogens (tertiary/aromatic N) is 1. The molecule has 1 aliphatic heterocycles. The van der Waals surface area contributed by atoms with E-state index in [1.54, 1.807) is 0 Å². The van der Waals surface area contributed by atoms with Crippen LogP contribution in [0, 0.1) is 17.8 Å². The molecule has 0 aromatic heterocycles. The van der Waals surface area contributed by atoms with Crippen molar-refractivity contribution in [1.82, 2.24) is 4.90 Å². The third kappa shape index (κ3) is 2.38. The lowest BCUT2D eigenvalue weighted by molar-refractivity contribution is -0.134. The summed E-state index contributed by atoms with van der Waals surface area (Å²) in [5.74, 6) is -0.974. The van der Waals surface area contributed by atoms with Gasteiger partial charge in [-0.1, -0.05) is 13.0 Å². The number of piperidine rings is 1. The van der Waals surface area contributed by atoms with E-state index in [9.17, 15) is 13.6 Å². The Morgan fingerprint density at radius 2 is 2.05 bits per heavy atom. The molecular formula is C16H23F2NO. The molecule has 1 amide bonds. The number of likely N-dealkylation sites (tertiary alicyclic amines) is 1. The van der Waals surface area contributed by atoms with E-state index in [2.05, 4.69) is 13.5 Å². The van der Waals surface area contributed by atoms with Crippen LogP contribution in [-0.4, -0.2) is 28.8 Å². The van der Waals surface area contributed by atoms with Gasteiger partial charge in [-0.2, -0.15) is 0 Å². The minimum absolute atomic E-state index is 0.0573. The Bertz CT molecular complexity index is 413. The van der Waals surface area contributed by atoms with E-state index >= 15 is 0 Å². The van der Waals surface area contributed by atoms with Crippen LogP contribution in [-0.2, 0) is 4.79 Å². The fourth-order valence-electron chi connectivity index (χ4n) is 4.17. The average Bonchev–Trinajstić information content (AvgIpc) is 2.87. The maximum absolute atomic E-state index is 13.1. The molecule has 0 unspecified atom stereocenters. The van der Waals surface area contributed by atoms with Gasteiger partial charge in [0.2, 0.25) is 11.8 Å². The van der Waals surface area contributed by atoms with Gasteiger partial charge in [0.15, 0.2) is 0 Å². The van der Waals surface area contributed by atoms with Gasteiger partial charge in [0.1, 0.15) is 0 Å². The number of rotatable bonds is 3. The first-order chi connectivity index (χ1) is 9.43. The van der Waals surface area contributed by atoms with Crippen molar-refractivity contribution in [2.45, 2.75) is 63.5 Å². The highest BCUT2D eigenvalue weighted by Crippen LogP contribution is 2.53. The van der Waals surface area contributed by atoms with Crippen LogP contribution in [0.2, 0.25) is 0 Å². The average molecular weight is 283 g/mol. The van der Waals surface area contributed by atoms with E-state index in [0.29, 0.717) is 37.1 Å². The Morgan fingerprint density at radius 3 is 2.65 bits per heavy atom. The summed E-state index contributed by atoms with van der Waals surface area (Å²) in [6.07, 6.45) is 4.19. The molecule has 2 nitrogen and oxygen atoms in total. The predicted molar refractivity (Wildman–Crippen MR) is 73.4 cm³/mol. The normalized spacial score (nSPS) is 39.5. The molecule has 0 N–H and O–H groups in total. The number of hydrogen-bond donors (Lipinski definition) is 0. The van der Waals surface area contributed by atoms with Gasteiger partial charge in [-0.15, -0.1) is 6.58 Å². The van der Waals surface area contributed by atoms with Crippen molar-refractivity contribution < 1.29 is 13.6 Å². The van der Waals surface area contributed by atoms with Crippen LogP contribution in [0.1, 0.15) is 45.4 Å². The van der Waals surface area contributed by atoms with Crippen molar-refractivity contribution in [1.29, 1.82) is 0 Å². The summed E-state index contributed by atoms with van der Waals surface area (Å²) in [4.78, 5) is 14.5. The molecule has 4 heteroatoms. The van der Waals surface area contributed by atoms with Crippen LogP contribution in [0.3, 0.4) is 0 Å². The summed E-state index contributed by atoms with van der Waals surface area (Å²) in [7, 11) is 0. The second kappa shape index (κ2) is 4.81. The van der Waals surface area contributed by atoms with Crippen LogP contribution in [0.4, 0.5) is 8.78 Å². The number of carbonyl (C=O) groups is 1. The second-order valence-electron chi connectivity index (χ2n) is 6.86. The first-order valence-corrected chi connectivity index (χ1v) is 7.74. The number of carbonyl (C=O) groups excluding carboxylic acids is 1. The van der Waals surface area contributed by atoms with E-state index in [1.807, 2.05) is 11.0 Å². The standard InChI is InChI=1S/C16H23F2NO/c1-3-12-9-13-10(2)15(13)19(12)14(20)8-11-4-6-16(17,18)7-5-11/h3,10-13,15H,1,4-9H2,2H3/t10-,12-,13+,15-/m1/s1. The van der Waals surface area contributed by atoms with E-state index in [0.717, 1.165) is 6.42 Å². The molecule has 1 heterocycles. The van der Waals surface area contributed by atoms with Crippen LogP contribution < -0.4 is 0 Å². The first kappa shape index (κ1) is 14.0. The van der Waals surface area contributed by atoms with Gasteiger partial charge in [0.05, 0.1) is 6.04 Å². The van der Waals surface area contributed by atoms with Crippen molar-refractivity contribution in [3.05, 3.63) is 12.7 Å². The Morgan fingerprint density at radius 1 is 1.40 bits per heavy atom. The number of amides is 1. The molecule has 0 aromatic carbocycles. The molecule has 0 bridgehead atoms. The maximum Gasteiger partial charge on any atom is 0.248 e. The SMILES string of the molecule is C=C[C@@H]1C[C@H]2[C@@H](C)[C@H]2N1C(=O)CC1CCC(F)(F)CC1. The summed E-state index contributed by atoms with van der Waals surface area (Å²) in [6, 6.07) is 0.550. The van der Waals surface area contributed by atoms with Gasteiger partial charge in [0.25, 0.3) is 0 Å². The highest BCUT2D eigenvalue weighted by Gasteiger charge is 2.59. The van der Waals surface area contributed by atoms with Crippen LogP contribution >= 0.6 is 0 Å². The molecule has 1 saturated heterocycles. The van der Waals surface area contributed by atoms with Crippen LogP contribution in [0.5, 0.6) is 0 Å². The largest absolute Gasteiger partial charge is 0.333 e. The number of fused-ring (bicyclic) bond motifs is 1. The molecule has 4 atom stereocenters. The van der Waals surface area contributed by atoms with Gasteiger partial charge in [-0.3, -0.25) is 4.79 Å². The van der Waals surface area contributed by atoms with E-state index in [1.165, 1.54) is 0 Å². The molecular weight excluding hydrogens is 260 g/mol. The Labute approximate surface area is 119 Å². The molecule has 3 rings (SSSR count). The zero-order valence-electron chi connectivity index (χ0n) is 12.0. The van der Waals surface area contributed by atoms with E-state index < -0.39 is 5.92 Å². The fraction of sp³-hybridized carbons (Fsp3) is 0.812. The van der Waals surface area contributed by atoms with E-state index in [-0.39, 0.29) is 30.7 Å². The number of halogens is 2. The lowest BCUT2D eigenvalue weighted by Gasteiger charge is -2.31. The quantitative estimate of drug-likeness (QED) is 0.724. The van der Waals surface area contributed by atoms with Crippen molar-refractivity contribution in [2.24, 2.45) is 17.8 Å². The third-order valence-corrected chi connectivity index (χ3v) is 5.56. The lowest BCUT2D eigenvalue weighted by Crippen LogP contribution is -2.40. The molecule has 0 aromatic rings. The highest BCUT2D eigenvalue weighted by atomic mass is 19.3. The smallest absolute Gasteiger partial charge is 0.248 e. The molecule has 0 radical (unpaired) electrons. The third-order valence-electron chi connectivity index (χ3n) is 5.56. The molecule has 20 heavy (non-hydrogen) atoms. The van der Waals surface area contributed by atoms with Crippen LogP contribution in [0.25, 0.3) is 0 Å². The Kier molecular flexibility index (Phi) is 3.38. The summed E-state index contributed by atoms with van der Waals surface area (Å²) in [5.41, 5.74) is 0. The van der Waals surface area contributed by atoms with Gasteiger partial charge < -0.3 is 4.90 Å². The van der Waals surface area contributed by atoms with E-state index in [4.69, 9.17) is 0 Å².